The van der Waals surface area contributed by atoms with Gasteiger partial charge >= 0.3 is 11.9 Å². The van der Waals surface area contributed by atoms with E-state index in [0.717, 1.165) is 24.8 Å². The van der Waals surface area contributed by atoms with Crippen molar-refractivity contribution in [3.63, 3.8) is 0 Å². The molecule has 6 atom stereocenters. The minimum Gasteiger partial charge on any atom is -0.469 e. The Labute approximate surface area is 170 Å². The fraction of sp³-hybridized carbons (Fsp3) is 0.696. The van der Waals surface area contributed by atoms with Gasteiger partial charge in [-0.2, -0.15) is 0 Å². The molecule has 0 N–H and O–H groups in total. The lowest BCUT2D eigenvalue weighted by atomic mass is 9.49. The summed E-state index contributed by atoms with van der Waals surface area (Å²) in [4.78, 5) is 36.9. The Hall–Kier alpha value is -1.95. The first-order chi connectivity index (χ1) is 13.7. The Kier molecular flexibility index (Phi) is 3.96. The molecule has 4 aliphatic carbocycles. The molecule has 1 heterocycles. The Morgan fingerprint density at radius 3 is 2.72 bits per heavy atom. The highest BCUT2D eigenvalue weighted by atomic mass is 16.8. The highest BCUT2D eigenvalue weighted by molar-refractivity contribution is 5.92. The third-order valence-electron chi connectivity index (χ3n) is 8.64. The molecule has 0 aromatic heterocycles. The summed E-state index contributed by atoms with van der Waals surface area (Å²) < 4.78 is 16.9. The third-order valence-corrected chi connectivity index (χ3v) is 8.64. The molecule has 2 unspecified atom stereocenters. The zero-order valence-corrected chi connectivity index (χ0v) is 17.3. The van der Waals surface area contributed by atoms with Crippen LogP contribution in [0.3, 0.4) is 0 Å². The Morgan fingerprint density at radius 1 is 1.24 bits per heavy atom. The molecule has 1 aliphatic heterocycles. The van der Waals surface area contributed by atoms with Crippen molar-refractivity contribution in [2.45, 2.75) is 58.2 Å². The van der Waals surface area contributed by atoms with Crippen LogP contribution in [-0.2, 0) is 28.6 Å². The van der Waals surface area contributed by atoms with E-state index in [-0.39, 0.29) is 52.9 Å². The molecule has 3 fully saturated rings. The number of ether oxygens (including phenoxy) is 3. The molecule has 1 saturated heterocycles. The summed E-state index contributed by atoms with van der Waals surface area (Å²) in [5.74, 6) is -1.43. The molecule has 5 aliphatic rings. The van der Waals surface area contributed by atoms with Crippen molar-refractivity contribution in [3.05, 3.63) is 23.3 Å². The second-order valence-electron chi connectivity index (χ2n) is 9.77. The molecule has 0 aromatic rings. The molecule has 156 valence electrons. The lowest BCUT2D eigenvalue weighted by molar-refractivity contribution is -0.228. The molecule has 5 rings (SSSR count). The van der Waals surface area contributed by atoms with Crippen LogP contribution in [0.15, 0.2) is 23.3 Å². The number of carbonyl (C=O) groups excluding carboxylic acids is 3. The van der Waals surface area contributed by atoms with Crippen LogP contribution in [-0.4, -0.2) is 37.2 Å². The van der Waals surface area contributed by atoms with E-state index in [1.165, 1.54) is 12.7 Å². The third kappa shape index (κ3) is 2.35. The monoisotopic (exact) mass is 400 g/mol. The van der Waals surface area contributed by atoms with E-state index in [1.54, 1.807) is 6.08 Å². The fourth-order valence-electron chi connectivity index (χ4n) is 7.02. The van der Waals surface area contributed by atoms with E-state index in [1.807, 2.05) is 0 Å². The van der Waals surface area contributed by atoms with E-state index >= 15 is 0 Å². The molecule has 2 saturated carbocycles. The van der Waals surface area contributed by atoms with Crippen molar-refractivity contribution in [1.29, 1.82) is 0 Å². The van der Waals surface area contributed by atoms with Crippen LogP contribution < -0.4 is 0 Å². The SMILES string of the molecule is COC(=O)[C@@H]1CC2=CC(=O)CC[C@]2(C)C2=CC[C@@]3(C)C(CC[C@@]34OCC(=O)O4)C21. The largest absolute Gasteiger partial charge is 0.469 e. The normalized spacial score (nSPS) is 45.7. The Balaban J connectivity index is 1.63. The molecule has 0 aromatic carbocycles. The number of fused-ring (bicyclic) bond motifs is 6. The van der Waals surface area contributed by atoms with E-state index < -0.39 is 5.79 Å². The van der Waals surface area contributed by atoms with E-state index in [2.05, 4.69) is 19.9 Å². The van der Waals surface area contributed by atoms with Gasteiger partial charge in [0.15, 0.2) is 5.78 Å². The van der Waals surface area contributed by atoms with Crippen LogP contribution in [0.25, 0.3) is 0 Å². The van der Waals surface area contributed by atoms with E-state index in [0.29, 0.717) is 19.3 Å². The molecular weight excluding hydrogens is 372 g/mol. The van der Waals surface area contributed by atoms with E-state index in [9.17, 15) is 14.4 Å². The second kappa shape index (κ2) is 6.03. The number of methoxy groups -OCH3 is 1. The topological polar surface area (TPSA) is 78.9 Å². The molecule has 6 heteroatoms. The number of carbonyl (C=O) groups is 3. The molecule has 0 radical (unpaired) electrons. The van der Waals surface area contributed by atoms with Gasteiger partial charge in [-0.1, -0.05) is 31.1 Å². The summed E-state index contributed by atoms with van der Waals surface area (Å²) in [5, 5.41) is 0. The zero-order valence-electron chi connectivity index (χ0n) is 17.3. The maximum absolute atomic E-state index is 12.9. The molecular formula is C23H28O6. The predicted molar refractivity (Wildman–Crippen MR) is 102 cm³/mol. The standard InChI is InChI=1S/C23H28O6/c1-21-7-4-14(24)10-13(21)11-15(20(26)27-3)19-16(21)5-8-22(2)17(19)6-9-23(22)28-12-18(25)29-23/h5,10,15,17,19H,4,6-9,11-12H2,1-3H3/t15-,17?,19?,21+,22+,23+/m1/s1. The molecule has 0 bridgehead atoms. The quantitative estimate of drug-likeness (QED) is 0.497. The second-order valence-corrected chi connectivity index (χ2v) is 9.77. The highest BCUT2D eigenvalue weighted by Crippen LogP contribution is 2.68. The molecule has 0 amide bonds. The van der Waals surface area contributed by atoms with Gasteiger partial charge < -0.3 is 14.2 Å². The highest BCUT2D eigenvalue weighted by Gasteiger charge is 2.68. The number of ketones is 1. The molecule has 6 nitrogen and oxygen atoms in total. The predicted octanol–water partition coefficient (Wildman–Crippen LogP) is 3.11. The van der Waals surface area contributed by atoms with Crippen LogP contribution in [0.4, 0.5) is 0 Å². The minimum absolute atomic E-state index is 0.00328. The van der Waals surface area contributed by atoms with Gasteiger partial charge in [0.05, 0.1) is 13.0 Å². The van der Waals surface area contributed by atoms with Crippen molar-refractivity contribution in [3.8, 4) is 0 Å². The first kappa shape index (κ1) is 19.0. The Bertz CT molecular complexity index is 871. The van der Waals surface area contributed by atoms with Gasteiger partial charge in [0.2, 0.25) is 5.79 Å². The summed E-state index contributed by atoms with van der Waals surface area (Å²) in [5.41, 5.74) is 1.77. The summed E-state index contributed by atoms with van der Waals surface area (Å²) in [7, 11) is 1.43. The summed E-state index contributed by atoms with van der Waals surface area (Å²) in [6.07, 6.45) is 8.13. The van der Waals surface area contributed by atoms with Gasteiger partial charge in [-0.25, -0.2) is 4.79 Å². The number of esters is 2. The van der Waals surface area contributed by atoms with Crippen molar-refractivity contribution in [1.82, 2.24) is 0 Å². The van der Waals surface area contributed by atoms with Crippen molar-refractivity contribution >= 4 is 17.7 Å². The number of allylic oxidation sites excluding steroid dienone is 4. The smallest absolute Gasteiger partial charge is 0.334 e. The van der Waals surface area contributed by atoms with Crippen LogP contribution in [0.1, 0.15) is 52.4 Å². The lowest BCUT2D eigenvalue weighted by Crippen LogP contribution is -2.54. The number of rotatable bonds is 1. The summed E-state index contributed by atoms with van der Waals surface area (Å²) in [6, 6.07) is 0. The number of hydrogen-bond donors (Lipinski definition) is 0. The molecule has 1 spiro atoms. The van der Waals surface area contributed by atoms with Crippen LogP contribution in [0.5, 0.6) is 0 Å². The van der Waals surface area contributed by atoms with Gasteiger partial charge in [-0.3, -0.25) is 9.59 Å². The average molecular weight is 400 g/mol. The zero-order chi connectivity index (χ0) is 20.6. The van der Waals surface area contributed by atoms with Crippen molar-refractivity contribution < 1.29 is 28.6 Å². The summed E-state index contributed by atoms with van der Waals surface area (Å²) >= 11 is 0. The van der Waals surface area contributed by atoms with Crippen LogP contribution in [0, 0.1) is 28.6 Å². The maximum Gasteiger partial charge on any atom is 0.334 e. The maximum atomic E-state index is 12.9. The molecule has 29 heavy (non-hydrogen) atoms. The first-order valence-electron chi connectivity index (χ1n) is 10.6. The van der Waals surface area contributed by atoms with Crippen molar-refractivity contribution in [2.24, 2.45) is 28.6 Å². The average Bonchev–Trinajstić information content (AvgIpc) is 3.22. The summed E-state index contributed by atoms with van der Waals surface area (Å²) in [6.45, 7) is 4.36. The fourth-order valence-corrected chi connectivity index (χ4v) is 7.02. The van der Waals surface area contributed by atoms with Gasteiger partial charge in [0.1, 0.15) is 6.61 Å². The lowest BCUT2D eigenvalue weighted by Gasteiger charge is -2.56. The van der Waals surface area contributed by atoms with Gasteiger partial charge in [-0.05, 0) is 43.6 Å². The van der Waals surface area contributed by atoms with Crippen LogP contribution in [0.2, 0.25) is 0 Å². The number of hydrogen-bond acceptors (Lipinski definition) is 6. The first-order valence-corrected chi connectivity index (χ1v) is 10.6. The van der Waals surface area contributed by atoms with Crippen molar-refractivity contribution in [2.75, 3.05) is 13.7 Å². The van der Waals surface area contributed by atoms with E-state index in [4.69, 9.17) is 14.2 Å². The van der Waals surface area contributed by atoms with Gasteiger partial charge in [0, 0.05) is 23.7 Å². The minimum atomic E-state index is -0.892. The van der Waals surface area contributed by atoms with Gasteiger partial charge in [0.25, 0.3) is 0 Å². The van der Waals surface area contributed by atoms with Gasteiger partial charge in [-0.15, -0.1) is 0 Å². The van der Waals surface area contributed by atoms with Crippen LogP contribution >= 0.6 is 0 Å². The Morgan fingerprint density at radius 2 is 2.03 bits per heavy atom.